The predicted octanol–water partition coefficient (Wildman–Crippen LogP) is 3.01. The fourth-order valence-electron chi connectivity index (χ4n) is 5.23. The number of hydrazine groups is 1. The summed E-state index contributed by atoms with van der Waals surface area (Å²) in [4.78, 5) is 29.0. The molecule has 5 rings (SSSR count). The first kappa shape index (κ1) is 24.3. The third-order valence-electron chi connectivity index (χ3n) is 6.96. The van der Waals surface area contributed by atoms with Crippen LogP contribution >= 0.6 is 11.6 Å². The summed E-state index contributed by atoms with van der Waals surface area (Å²) < 4.78 is 19.8. The SMILES string of the molecule is C=CC(=O)N1CCC[C@@H](N2C=C(c3ccc(Oc4c(F)cccc4Cl)cc3)C3C(N)NNC(=O)C32)C1. The average Bonchev–Trinajstić information content (AvgIpc) is 3.31. The lowest BCUT2D eigenvalue weighted by Gasteiger charge is -2.43. The number of benzene rings is 2. The van der Waals surface area contributed by atoms with Crippen molar-refractivity contribution in [2.45, 2.75) is 31.1 Å². The minimum atomic E-state index is -0.551. The third kappa shape index (κ3) is 4.45. The fraction of sp³-hybridized carbons (Fsp3) is 0.308. The first-order valence-corrected chi connectivity index (χ1v) is 12.2. The van der Waals surface area contributed by atoms with Gasteiger partial charge in [0.05, 0.1) is 11.2 Å². The van der Waals surface area contributed by atoms with Gasteiger partial charge in [-0.2, -0.15) is 0 Å². The van der Waals surface area contributed by atoms with Crippen LogP contribution in [0.15, 0.2) is 61.3 Å². The van der Waals surface area contributed by atoms with Crippen LogP contribution in [0.1, 0.15) is 18.4 Å². The quantitative estimate of drug-likeness (QED) is 0.534. The molecule has 3 aliphatic rings. The first-order valence-electron chi connectivity index (χ1n) is 11.8. The zero-order chi connectivity index (χ0) is 25.4. The molecule has 0 spiro atoms. The Morgan fingerprint density at radius 2 is 2.03 bits per heavy atom. The number of para-hydroxylation sites is 1. The van der Waals surface area contributed by atoms with Crippen molar-refractivity contribution in [2.24, 2.45) is 11.7 Å². The number of amides is 2. The topological polar surface area (TPSA) is 99.9 Å². The van der Waals surface area contributed by atoms with Crippen LogP contribution in [0.3, 0.4) is 0 Å². The highest BCUT2D eigenvalue weighted by atomic mass is 35.5. The summed E-state index contributed by atoms with van der Waals surface area (Å²) >= 11 is 6.08. The van der Waals surface area contributed by atoms with Crippen LogP contribution in [-0.4, -0.2) is 53.0 Å². The molecule has 0 saturated carbocycles. The molecule has 3 unspecified atom stereocenters. The summed E-state index contributed by atoms with van der Waals surface area (Å²) in [6.45, 7) is 4.77. The van der Waals surface area contributed by atoms with Gasteiger partial charge in [-0.3, -0.25) is 15.0 Å². The molecule has 36 heavy (non-hydrogen) atoms. The zero-order valence-corrected chi connectivity index (χ0v) is 20.2. The van der Waals surface area contributed by atoms with Crippen LogP contribution in [-0.2, 0) is 9.59 Å². The highest BCUT2D eigenvalue weighted by Crippen LogP contribution is 2.41. The van der Waals surface area contributed by atoms with Crippen molar-refractivity contribution in [1.29, 1.82) is 0 Å². The second-order valence-corrected chi connectivity index (χ2v) is 9.53. The molecule has 2 aromatic rings. The van der Waals surface area contributed by atoms with Crippen LogP contribution in [0.2, 0.25) is 5.02 Å². The Bertz CT molecular complexity index is 1200. The van der Waals surface area contributed by atoms with Gasteiger partial charge in [-0.25, -0.2) is 9.82 Å². The molecule has 188 valence electrons. The molecule has 4 N–H and O–H groups in total. The second-order valence-electron chi connectivity index (χ2n) is 9.12. The molecule has 3 heterocycles. The number of nitrogens with two attached hydrogens (primary N) is 1. The van der Waals surface area contributed by atoms with Crippen LogP contribution in [0.25, 0.3) is 5.57 Å². The maximum Gasteiger partial charge on any atom is 0.257 e. The largest absolute Gasteiger partial charge is 0.453 e. The Hall–Kier alpha value is -3.40. The van der Waals surface area contributed by atoms with Crippen molar-refractivity contribution in [3.05, 3.63) is 77.7 Å². The third-order valence-corrected chi connectivity index (χ3v) is 7.25. The molecule has 0 aliphatic carbocycles. The summed E-state index contributed by atoms with van der Waals surface area (Å²) in [5, 5.41) is 0.179. The Morgan fingerprint density at radius 1 is 1.25 bits per heavy atom. The van der Waals surface area contributed by atoms with E-state index in [1.54, 1.807) is 23.1 Å². The van der Waals surface area contributed by atoms with Crippen LogP contribution in [0.5, 0.6) is 11.5 Å². The van der Waals surface area contributed by atoms with Gasteiger partial charge in [0.2, 0.25) is 5.91 Å². The van der Waals surface area contributed by atoms with Crippen molar-refractivity contribution >= 4 is 29.0 Å². The van der Waals surface area contributed by atoms with Gasteiger partial charge in [0.1, 0.15) is 11.8 Å². The number of carbonyl (C=O) groups is 2. The lowest BCUT2D eigenvalue weighted by molar-refractivity contribution is -0.132. The van der Waals surface area contributed by atoms with E-state index in [1.165, 1.54) is 18.2 Å². The number of piperidine rings is 1. The normalized spacial score (nSPS) is 25.6. The van der Waals surface area contributed by atoms with E-state index in [0.29, 0.717) is 18.8 Å². The molecule has 2 fully saturated rings. The van der Waals surface area contributed by atoms with Crippen molar-refractivity contribution in [2.75, 3.05) is 13.1 Å². The summed E-state index contributed by atoms with van der Waals surface area (Å²) in [5.41, 5.74) is 13.7. The smallest absolute Gasteiger partial charge is 0.257 e. The highest BCUT2D eigenvalue weighted by Gasteiger charge is 2.49. The molecule has 0 bridgehead atoms. The van der Waals surface area contributed by atoms with Crippen molar-refractivity contribution in [3.8, 4) is 11.5 Å². The Kier molecular flexibility index (Phi) is 6.70. The fourth-order valence-corrected chi connectivity index (χ4v) is 5.43. The van der Waals surface area contributed by atoms with Crippen LogP contribution in [0.4, 0.5) is 4.39 Å². The summed E-state index contributed by atoms with van der Waals surface area (Å²) in [6, 6.07) is 11.0. The molecule has 10 heteroatoms. The number of carbonyl (C=O) groups excluding carboxylic acids is 2. The van der Waals surface area contributed by atoms with Gasteiger partial charge in [0, 0.05) is 31.2 Å². The van der Waals surface area contributed by atoms with Gasteiger partial charge in [0.25, 0.3) is 5.91 Å². The number of hydrogen-bond acceptors (Lipinski definition) is 6. The lowest BCUT2D eigenvalue weighted by Crippen LogP contribution is -2.67. The standard InChI is InChI=1S/C26H27ClFN5O3/c1-2-21(34)32-12-4-5-16(13-32)33-14-18(22-23(33)26(35)31-30-25(22)29)15-8-10-17(11-9-15)36-24-19(27)6-3-7-20(24)28/h2-3,6-11,14,16,22-23,25,30H,1,4-5,12-13,29H2,(H,31,35)/t16-,22?,23?,25?/m1/s1. The molecule has 0 aromatic heterocycles. The number of nitrogens with one attached hydrogen (secondary N) is 2. The number of hydrogen-bond donors (Lipinski definition) is 3. The molecule has 2 amide bonds. The van der Waals surface area contributed by atoms with Gasteiger partial charge in [0.15, 0.2) is 11.6 Å². The molecular formula is C26H27ClFN5O3. The molecule has 2 aromatic carbocycles. The average molecular weight is 512 g/mol. The Morgan fingerprint density at radius 3 is 2.75 bits per heavy atom. The van der Waals surface area contributed by atoms with Gasteiger partial charge < -0.3 is 20.3 Å². The lowest BCUT2D eigenvalue weighted by atomic mass is 9.86. The highest BCUT2D eigenvalue weighted by molar-refractivity contribution is 6.32. The van der Waals surface area contributed by atoms with E-state index >= 15 is 0 Å². The Labute approximate surface area is 213 Å². The molecule has 0 radical (unpaired) electrons. The summed E-state index contributed by atoms with van der Waals surface area (Å²) in [5.74, 6) is -0.759. The van der Waals surface area contributed by atoms with E-state index in [4.69, 9.17) is 22.1 Å². The van der Waals surface area contributed by atoms with E-state index < -0.39 is 18.0 Å². The van der Waals surface area contributed by atoms with Gasteiger partial charge >= 0.3 is 0 Å². The number of fused-ring (bicyclic) bond motifs is 1. The predicted molar refractivity (Wildman–Crippen MR) is 134 cm³/mol. The molecule has 3 aliphatic heterocycles. The van der Waals surface area contributed by atoms with E-state index in [1.807, 2.05) is 23.2 Å². The zero-order valence-electron chi connectivity index (χ0n) is 19.5. The number of nitrogens with zero attached hydrogens (tertiary/aromatic N) is 2. The molecular weight excluding hydrogens is 485 g/mol. The maximum absolute atomic E-state index is 14.1. The van der Waals surface area contributed by atoms with Crippen molar-refractivity contribution < 1.29 is 18.7 Å². The van der Waals surface area contributed by atoms with Crippen molar-refractivity contribution in [3.63, 3.8) is 0 Å². The van der Waals surface area contributed by atoms with Crippen molar-refractivity contribution in [1.82, 2.24) is 20.7 Å². The molecule has 2 saturated heterocycles. The minimum absolute atomic E-state index is 0.0329. The van der Waals surface area contributed by atoms with Gasteiger partial charge in [-0.05, 0) is 54.3 Å². The maximum atomic E-state index is 14.1. The second kappa shape index (κ2) is 9.93. The van der Waals surface area contributed by atoms with Gasteiger partial charge in [-0.15, -0.1) is 0 Å². The van der Waals surface area contributed by atoms with Crippen LogP contribution in [0, 0.1) is 11.7 Å². The minimum Gasteiger partial charge on any atom is -0.453 e. The van der Waals surface area contributed by atoms with E-state index in [2.05, 4.69) is 17.4 Å². The molecule has 4 atom stereocenters. The number of rotatable bonds is 5. The first-order chi connectivity index (χ1) is 17.4. The number of likely N-dealkylation sites (tertiary alicyclic amines) is 1. The van der Waals surface area contributed by atoms with E-state index in [0.717, 1.165) is 24.0 Å². The monoisotopic (exact) mass is 511 g/mol. The molecule has 8 nitrogen and oxygen atoms in total. The number of halogens is 2. The Balaban J connectivity index is 1.43. The van der Waals surface area contributed by atoms with E-state index in [9.17, 15) is 14.0 Å². The summed E-state index contributed by atoms with van der Waals surface area (Å²) in [7, 11) is 0. The van der Waals surface area contributed by atoms with E-state index in [-0.39, 0.29) is 34.5 Å². The number of ether oxygens (including phenoxy) is 1. The van der Waals surface area contributed by atoms with Crippen LogP contribution < -0.4 is 21.3 Å². The summed E-state index contributed by atoms with van der Waals surface area (Å²) in [6.07, 6.45) is 4.48. The van der Waals surface area contributed by atoms with Gasteiger partial charge in [-0.1, -0.05) is 36.4 Å².